The van der Waals surface area contributed by atoms with E-state index in [0.717, 1.165) is 17.2 Å². The number of carboxylic acids is 2. The molecule has 0 radical (unpaired) electrons. The van der Waals surface area contributed by atoms with Gasteiger partial charge >= 0.3 is 0 Å². The first-order chi connectivity index (χ1) is 10.3. The molecule has 0 unspecified atom stereocenters. The maximum atomic E-state index is 10.9. The molecule has 0 aliphatic heterocycles. The van der Waals surface area contributed by atoms with Crippen molar-refractivity contribution in [3.8, 4) is 0 Å². The Labute approximate surface area is 126 Å². The van der Waals surface area contributed by atoms with E-state index in [4.69, 9.17) is 0 Å². The van der Waals surface area contributed by atoms with Gasteiger partial charge in [-0.2, -0.15) is 10.2 Å². The number of hydrogen-bond donors (Lipinski definition) is 0. The third kappa shape index (κ3) is 3.76. The molecular formula is C16H12N2O4-2. The lowest BCUT2D eigenvalue weighted by Crippen LogP contribution is -2.25. The molecule has 2 aromatic rings. The number of benzene rings is 2. The van der Waals surface area contributed by atoms with E-state index in [1.165, 1.54) is 12.1 Å². The second-order valence-electron chi connectivity index (χ2n) is 4.89. The molecular weight excluding hydrogens is 284 g/mol. The summed E-state index contributed by atoms with van der Waals surface area (Å²) in [4.78, 5) is 21.8. The molecule has 6 heteroatoms. The van der Waals surface area contributed by atoms with E-state index in [1.807, 2.05) is 19.9 Å². The van der Waals surface area contributed by atoms with Crippen LogP contribution in [0.3, 0.4) is 0 Å². The average Bonchev–Trinajstić information content (AvgIpc) is 2.43. The predicted octanol–water partition coefficient (Wildman–Crippen LogP) is 1.45. The second-order valence-corrected chi connectivity index (χ2v) is 4.89. The molecule has 0 aliphatic rings. The molecule has 112 valence electrons. The van der Waals surface area contributed by atoms with Gasteiger partial charge in [0.05, 0.1) is 23.3 Å². The van der Waals surface area contributed by atoms with Crippen LogP contribution in [0.15, 0.2) is 46.6 Å². The Morgan fingerprint density at radius 1 is 0.727 bits per heavy atom. The Hall–Kier alpha value is -3.02. The van der Waals surface area contributed by atoms with Crippen LogP contribution in [0, 0.1) is 13.8 Å². The topological polar surface area (TPSA) is 105 Å². The molecule has 0 spiro atoms. The molecule has 2 rings (SSSR count). The van der Waals surface area contributed by atoms with Gasteiger partial charge in [-0.1, -0.05) is 6.07 Å². The number of carbonyl (C=O) groups excluding carboxylic acids is 2. The fourth-order valence-corrected chi connectivity index (χ4v) is 2.03. The van der Waals surface area contributed by atoms with Crippen molar-refractivity contribution in [2.75, 3.05) is 0 Å². The van der Waals surface area contributed by atoms with Crippen LogP contribution in [0.4, 0.5) is 11.4 Å². The van der Waals surface area contributed by atoms with E-state index in [0.29, 0.717) is 5.69 Å². The summed E-state index contributed by atoms with van der Waals surface area (Å²) >= 11 is 0. The number of nitrogens with zero attached hydrogens (tertiary/aromatic N) is 2. The Kier molecular flexibility index (Phi) is 4.31. The van der Waals surface area contributed by atoms with Crippen LogP contribution in [-0.2, 0) is 0 Å². The van der Waals surface area contributed by atoms with Crippen molar-refractivity contribution < 1.29 is 19.8 Å². The SMILES string of the molecule is Cc1cc(C)cc(N=Nc2cc(C(=O)[O-])cc(C(=O)[O-])c2)c1. The first-order valence-electron chi connectivity index (χ1n) is 6.43. The molecule has 0 heterocycles. The molecule has 0 atom stereocenters. The van der Waals surface area contributed by atoms with Gasteiger partial charge in [-0.3, -0.25) is 0 Å². The average molecular weight is 296 g/mol. The van der Waals surface area contributed by atoms with Crippen LogP contribution >= 0.6 is 0 Å². The highest BCUT2D eigenvalue weighted by atomic mass is 16.4. The van der Waals surface area contributed by atoms with Crippen LogP contribution in [0.1, 0.15) is 31.8 Å². The van der Waals surface area contributed by atoms with Crippen LogP contribution in [0.2, 0.25) is 0 Å². The predicted molar refractivity (Wildman–Crippen MR) is 75.2 cm³/mol. The quantitative estimate of drug-likeness (QED) is 0.796. The molecule has 0 saturated heterocycles. The van der Waals surface area contributed by atoms with Gasteiger partial charge in [0.15, 0.2) is 0 Å². The lowest BCUT2D eigenvalue weighted by atomic mass is 10.1. The molecule has 0 saturated carbocycles. The van der Waals surface area contributed by atoms with Crippen molar-refractivity contribution in [3.63, 3.8) is 0 Å². The molecule has 0 fully saturated rings. The van der Waals surface area contributed by atoms with Crippen LogP contribution in [0.5, 0.6) is 0 Å². The molecule has 0 N–H and O–H groups in total. The highest BCUT2D eigenvalue weighted by Gasteiger charge is 2.03. The van der Waals surface area contributed by atoms with Crippen molar-refractivity contribution in [3.05, 3.63) is 58.7 Å². The van der Waals surface area contributed by atoms with Gasteiger partial charge in [0.25, 0.3) is 0 Å². The highest BCUT2D eigenvalue weighted by Crippen LogP contribution is 2.23. The van der Waals surface area contributed by atoms with Crippen molar-refractivity contribution in [1.82, 2.24) is 0 Å². The standard InChI is InChI=1S/C16H14N2O4/c1-9-3-10(2)5-13(4-9)17-18-14-7-11(15(19)20)6-12(8-14)16(21)22/h3-8H,1-2H3,(H,19,20)(H,21,22)/p-2. The van der Waals surface area contributed by atoms with E-state index < -0.39 is 11.9 Å². The van der Waals surface area contributed by atoms with Gasteiger partial charge < -0.3 is 19.8 Å². The van der Waals surface area contributed by atoms with Crippen LogP contribution in [-0.4, -0.2) is 11.9 Å². The maximum Gasteiger partial charge on any atom is 0.0870 e. The zero-order valence-corrected chi connectivity index (χ0v) is 12.0. The Balaban J connectivity index is 2.41. The minimum Gasteiger partial charge on any atom is -0.545 e. The minimum absolute atomic E-state index is 0.0973. The number of rotatable bonds is 4. The zero-order valence-electron chi connectivity index (χ0n) is 12.0. The van der Waals surface area contributed by atoms with Crippen LogP contribution in [0.25, 0.3) is 0 Å². The van der Waals surface area contributed by atoms with E-state index in [-0.39, 0.29) is 16.8 Å². The lowest BCUT2D eigenvalue weighted by Gasteiger charge is -2.08. The van der Waals surface area contributed by atoms with Crippen molar-refractivity contribution in [2.24, 2.45) is 10.2 Å². The summed E-state index contributed by atoms with van der Waals surface area (Å²) in [6.45, 7) is 3.83. The number of aryl methyl sites for hydroxylation is 2. The first-order valence-corrected chi connectivity index (χ1v) is 6.43. The van der Waals surface area contributed by atoms with Gasteiger partial charge in [0, 0.05) is 11.1 Å². The normalized spacial score (nSPS) is 10.8. The zero-order chi connectivity index (χ0) is 16.3. The molecule has 0 bridgehead atoms. The summed E-state index contributed by atoms with van der Waals surface area (Å²) in [6.07, 6.45) is 0. The summed E-state index contributed by atoms with van der Waals surface area (Å²) in [5, 5.41) is 29.7. The van der Waals surface area contributed by atoms with E-state index >= 15 is 0 Å². The summed E-state index contributed by atoms with van der Waals surface area (Å²) in [7, 11) is 0. The maximum absolute atomic E-state index is 10.9. The van der Waals surface area contributed by atoms with Gasteiger partial charge in [-0.05, 0) is 55.3 Å². The third-order valence-corrected chi connectivity index (χ3v) is 2.88. The lowest BCUT2D eigenvalue weighted by molar-refractivity contribution is -0.255. The number of azo groups is 1. The van der Waals surface area contributed by atoms with E-state index in [2.05, 4.69) is 10.2 Å². The van der Waals surface area contributed by atoms with Gasteiger partial charge in [-0.15, -0.1) is 0 Å². The highest BCUT2D eigenvalue weighted by molar-refractivity contribution is 5.93. The number of hydrogen-bond acceptors (Lipinski definition) is 6. The van der Waals surface area contributed by atoms with E-state index in [9.17, 15) is 19.8 Å². The fourth-order valence-electron chi connectivity index (χ4n) is 2.03. The summed E-state index contributed by atoms with van der Waals surface area (Å²) in [5.41, 5.74) is 2.11. The van der Waals surface area contributed by atoms with Gasteiger partial charge in [0.1, 0.15) is 0 Å². The van der Waals surface area contributed by atoms with E-state index in [1.54, 1.807) is 12.1 Å². The van der Waals surface area contributed by atoms with Crippen LogP contribution < -0.4 is 10.2 Å². The fraction of sp³-hybridized carbons (Fsp3) is 0.125. The van der Waals surface area contributed by atoms with Crippen molar-refractivity contribution in [1.29, 1.82) is 0 Å². The second kappa shape index (κ2) is 6.17. The molecule has 0 aliphatic carbocycles. The van der Waals surface area contributed by atoms with Crippen molar-refractivity contribution in [2.45, 2.75) is 13.8 Å². The molecule has 0 aromatic heterocycles. The van der Waals surface area contributed by atoms with Gasteiger partial charge in [0.2, 0.25) is 0 Å². The Morgan fingerprint density at radius 3 is 1.55 bits per heavy atom. The largest absolute Gasteiger partial charge is 0.545 e. The monoisotopic (exact) mass is 296 g/mol. The molecule has 6 nitrogen and oxygen atoms in total. The summed E-state index contributed by atoms with van der Waals surface area (Å²) in [5.74, 6) is -2.99. The molecule has 2 aromatic carbocycles. The van der Waals surface area contributed by atoms with Gasteiger partial charge in [-0.25, -0.2) is 0 Å². The number of carbonyl (C=O) groups is 2. The first kappa shape index (κ1) is 15.4. The smallest absolute Gasteiger partial charge is 0.0870 e. The number of carboxylic acid groups (broad SMARTS) is 2. The van der Waals surface area contributed by atoms with Crippen molar-refractivity contribution >= 4 is 23.3 Å². The molecule has 0 amide bonds. The molecule has 22 heavy (non-hydrogen) atoms. The summed E-state index contributed by atoms with van der Waals surface area (Å²) in [6, 6.07) is 8.92. The third-order valence-electron chi connectivity index (χ3n) is 2.88. The Morgan fingerprint density at radius 2 is 1.14 bits per heavy atom. The minimum atomic E-state index is -1.49. The Bertz CT molecular complexity index is 729. The number of aromatic carboxylic acids is 2. The summed E-state index contributed by atoms with van der Waals surface area (Å²) < 4.78 is 0.